The van der Waals surface area contributed by atoms with Gasteiger partial charge in [0.25, 0.3) is 0 Å². The van der Waals surface area contributed by atoms with Crippen LogP contribution in [0.3, 0.4) is 0 Å². The SMILES string of the molecule is CCC1=C2CC(N3CCN(Cc4ccccc4)CC3)(CCO2)CN1c1ccc(C(F)(F)F)nc1. The lowest BCUT2D eigenvalue weighted by Gasteiger charge is -2.55. The average molecular weight is 473 g/mol. The van der Waals surface area contributed by atoms with Gasteiger partial charge in [-0.2, -0.15) is 13.2 Å². The molecule has 3 aliphatic heterocycles. The Labute approximate surface area is 198 Å². The number of allylic oxidation sites excluding steroid dienone is 1. The zero-order chi connectivity index (χ0) is 23.8. The smallest absolute Gasteiger partial charge is 0.433 e. The molecule has 2 saturated heterocycles. The Kier molecular flexibility index (Phi) is 6.29. The van der Waals surface area contributed by atoms with Crippen LogP contribution in [0.5, 0.6) is 0 Å². The standard InChI is InChI=1S/C26H31F3N4O/c1-2-22-23-16-25(10-15-34-23,19-33(22)21-8-9-24(30-17-21)26(27,28)29)32-13-11-31(12-14-32)18-20-6-4-3-5-7-20/h3-9,17H,2,10-16,18-19H2,1H3. The third-order valence-electron chi connectivity index (χ3n) is 7.41. The van der Waals surface area contributed by atoms with Crippen molar-refractivity contribution < 1.29 is 17.9 Å². The summed E-state index contributed by atoms with van der Waals surface area (Å²) in [6, 6.07) is 13.2. The van der Waals surface area contributed by atoms with Crippen LogP contribution in [-0.2, 0) is 17.5 Å². The van der Waals surface area contributed by atoms with E-state index < -0.39 is 11.9 Å². The second-order valence-corrected chi connectivity index (χ2v) is 9.46. The number of halogens is 3. The summed E-state index contributed by atoms with van der Waals surface area (Å²) in [6.07, 6.45) is -0.550. The number of anilines is 1. The highest BCUT2D eigenvalue weighted by Gasteiger charge is 2.47. The van der Waals surface area contributed by atoms with Gasteiger partial charge >= 0.3 is 6.18 Å². The van der Waals surface area contributed by atoms with Crippen molar-refractivity contribution in [1.29, 1.82) is 0 Å². The molecule has 8 heteroatoms. The van der Waals surface area contributed by atoms with Gasteiger partial charge in [-0.1, -0.05) is 37.3 Å². The predicted octanol–water partition coefficient (Wildman–Crippen LogP) is 4.91. The first-order chi connectivity index (χ1) is 16.4. The number of ether oxygens (including phenoxy) is 1. The molecule has 0 saturated carbocycles. The predicted molar refractivity (Wildman–Crippen MR) is 125 cm³/mol. The number of fused-ring (bicyclic) bond motifs is 2. The van der Waals surface area contributed by atoms with Crippen molar-refractivity contribution in [2.24, 2.45) is 0 Å². The van der Waals surface area contributed by atoms with Crippen LogP contribution in [0.15, 0.2) is 60.1 Å². The monoisotopic (exact) mass is 472 g/mol. The molecule has 2 bridgehead atoms. The van der Waals surface area contributed by atoms with Gasteiger partial charge in [-0.25, -0.2) is 4.98 Å². The van der Waals surface area contributed by atoms with E-state index in [9.17, 15) is 13.2 Å². The highest BCUT2D eigenvalue weighted by atomic mass is 19.4. The molecule has 1 unspecified atom stereocenters. The number of nitrogens with zero attached hydrogens (tertiary/aromatic N) is 4. The molecule has 5 rings (SSSR count). The van der Waals surface area contributed by atoms with Crippen LogP contribution in [0.1, 0.15) is 37.4 Å². The molecule has 0 N–H and O–H groups in total. The Hall–Kier alpha value is -2.58. The molecule has 1 aromatic carbocycles. The maximum absolute atomic E-state index is 13.0. The molecule has 0 amide bonds. The maximum Gasteiger partial charge on any atom is 0.433 e. The molecule has 2 fully saturated rings. The molecule has 1 atom stereocenters. The number of pyridine rings is 1. The van der Waals surface area contributed by atoms with Gasteiger partial charge in [-0.3, -0.25) is 9.80 Å². The summed E-state index contributed by atoms with van der Waals surface area (Å²) >= 11 is 0. The third-order valence-corrected chi connectivity index (χ3v) is 7.41. The van der Waals surface area contributed by atoms with Gasteiger partial charge in [-0.05, 0) is 24.1 Å². The highest BCUT2D eigenvalue weighted by molar-refractivity contribution is 5.54. The van der Waals surface area contributed by atoms with Crippen molar-refractivity contribution in [3.63, 3.8) is 0 Å². The molecular formula is C26H31F3N4O. The highest BCUT2D eigenvalue weighted by Crippen LogP contribution is 2.43. The zero-order valence-electron chi connectivity index (χ0n) is 19.5. The van der Waals surface area contributed by atoms with Crippen molar-refractivity contribution in [2.45, 2.75) is 44.4 Å². The van der Waals surface area contributed by atoms with E-state index in [-0.39, 0.29) is 5.54 Å². The second kappa shape index (κ2) is 9.23. The van der Waals surface area contributed by atoms with E-state index in [1.165, 1.54) is 11.8 Å². The van der Waals surface area contributed by atoms with Crippen molar-refractivity contribution in [2.75, 3.05) is 44.2 Å². The number of alkyl halides is 3. The molecular weight excluding hydrogens is 441 g/mol. The summed E-state index contributed by atoms with van der Waals surface area (Å²) < 4.78 is 45.2. The van der Waals surface area contributed by atoms with Gasteiger partial charge < -0.3 is 9.64 Å². The number of benzene rings is 1. The second-order valence-electron chi connectivity index (χ2n) is 9.46. The van der Waals surface area contributed by atoms with Gasteiger partial charge in [0.15, 0.2) is 0 Å². The molecule has 5 nitrogen and oxygen atoms in total. The van der Waals surface area contributed by atoms with Crippen LogP contribution < -0.4 is 4.90 Å². The molecule has 2 aromatic rings. The number of aromatic nitrogens is 1. The minimum atomic E-state index is -4.44. The van der Waals surface area contributed by atoms with Crippen molar-refractivity contribution in [3.05, 3.63) is 71.4 Å². The Morgan fingerprint density at radius 2 is 1.79 bits per heavy atom. The van der Waals surface area contributed by atoms with Crippen LogP contribution in [0.25, 0.3) is 0 Å². The fourth-order valence-corrected chi connectivity index (χ4v) is 5.60. The number of hydrogen-bond donors (Lipinski definition) is 0. The Morgan fingerprint density at radius 3 is 2.44 bits per heavy atom. The van der Waals surface area contributed by atoms with E-state index >= 15 is 0 Å². The Bertz CT molecular complexity index is 1020. The first kappa shape index (κ1) is 23.2. The van der Waals surface area contributed by atoms with Gasteiger partial charge in [0, 0.05) is 57.6 Å². The van der Waals surface area contributed by atoms with E-state index in [0.29, 0.717) is 12.3 Å². The van der Waals surface area contributed by atoms with Crippen LogP contribution in [0.4, 0.5) is 18.9 Å². The van der Waals surface area contributed by atoms with Crippen LogP contribution in [0, 0.1) is 0 Å². The summed E-state index contributed by atoms with van der Waals surface area (Å²) in [5.74, 6) is 0.978. The molecule has 0 radical (unpaired) electrons. The fraction of sp³-hybridized carbons (Fsp3) is 0.500. The van der Waals surface area contributed by atoms with E-state index in [2.05, 4.69) is 50.9 Å². The zero-order valence-corrected chi connectivity index (χ0v) is 19.5. The minimum Gasteiger partial charge on any atom is -0.496 e. The largest absolute Gasteiger partial charge is 0.496 e. The van der Waals surface area contributed by atoms with Crippen molar-refractivity contribution >= 4 is 5.69 Å². The van der Waals surface area contributed by atoms with Crippen molar-refractivity contribution in [1.82, 2.24) is 14.8 Å². The summed E-state index contributed by atoms with van der Waals surface area (Å²) in [5, 5.41) is 0. The quantitative estimate of drug-likeness (QED) is 0.618. The number of rotatable bonds is 5. The lowest BCUT2D eigenvalue weighted by atomic mass is 9.81. The van der Waals surface area contributed by atoms with Crippen molar-refractivity contribution in [3.8, 4) is 0 Å². The van der Waals surface area contributed by atoms with E-state index in [1.807, 2.05) is 6.07 Å². The molecule has 0 spiro atoms. The summed E-state index contributed by atoms with van der Waals surface area (Å²) in [5.41, 5.74) is 2.14. The van der Waals surface area contributed by atoms with Gasteiger partial charge in [-0.15, -0.1) is 0 Å². The molecule has 182 valence electrons. The minimum absolute atomic E-state index is 0.0756. The third kappa shape index (κ3) is 4.53. The van der Waals surface area contributed by atoms with Gasteiger partial charge in [0.1, 0.15) is 11.5 Å². The molecule has 0 aliphatic carbocycles. The topological polar surface area (TPSA) is 31.8 Å². The van der Waals surface area contributed by atoms with Crippen LogP contribution in [0.2, 0.25) is 0 Å². The first-order valence-electron chi connectivity index (χ1n) is 12.0. The van der Waals surface area contributed by atoms with Gasteiger partial charge in [0.05, 0.1) is 24.2 Å². The summed E-state index contributed by atoms with van der Waals surface area (Å²) in [4.78, 5) is 11.0. The lowest BCUT2D eigenvalue weighted by molar-refractivity contribution is -0.141. The summed E-state index contributed by atoms with van der Waals surface area (Å²) in [7, 11) is 0. The molecule has 34 heavy (non-hydrogen) atoms. The molecule has 3 aliphatic rings. The number of hydrogen-bond acceptors (Lipinski definition) is 5. The van der Waals surface area contributed by atoms with E-state index in [0.717, 1.165) is 76.1 Å². The van der Waals surface area contributed by atoms with Crippen LogP contribution in [-0.4, -0.2) is 59.7 Å². The van der Waals surface area contributed by atoms with Gasteiger partial charge in [0.2, 0.25) is 0 Å². The fourth-order valence-electron chi connectivity index (χ4n) is 5.60. The Morgan fingerprint density at radius 1 is 1.03 bits per heavy atom. The molecule has 1 aromatic heterocycles. The van der Waals surface area contributed by atoms with Crippen LogP contribution >= 0.6 is 0 Å². The van der Waals surface area contributed by atoms with E-state index in [4.69, 9.17) is 4.74 Å². The first-order valence-corrected chi connectivity index (χ1v) is 12.0. The average Bonchev–Trinajstić information content (AvgIpc) is 2.84. The number of piperazine rings is 1. The normalized spacial score (nSPS) is 24.3. The maximum atomic E-state index is 13.0. The summed E-state index contributed by atoms with van der Waals surface area (Å²) in [6.45, 7) is 8.40. The Balaban J connectivity index is 1.34. The molecule has 4 heterocycles. The lowest BCUT2D eigenvalue weighted by Crippen LogP contribution is -2.64. The van der Waals surface area contributed by atoms with E-state index in [1.54, 1.807) is 6.07 Å².